The molecular formula is C141H117N5. The molecule has 23 aromatic carbocycles. The highest BCUT2D eigenvalue weighted by molar-refractivity contribution is 5.93. The molecule has 0 aliphatic heterocycles. The number of aryl methyl sites for hydroxylation is 7. The Morgan fingerprint density at radius 3 is 0.473 bits per heavy atom. The molecule has 0 aliphatic rings. The first kappa shape index (κ1) is 96.5. The molecule has 0 atom stereocenters. The van der Waals surface area contributed by atoms with Gasteiger partial charge in [0, 0.05) is 85.3 Å². The largest absolute Gasteiger partial charge is 0.311 e. The Hall–Kier alpha value is -18.4. The molecule has 0 saturated heterocycles. The van der Waals surface area contributed by atoms with Crippen molar-refractivity contribution in [1.82, 2.24) is 0 Å². The maximum Gasteiger partial charge on any atom is 0.0468 e. The molecule has 0 N–H and O–H groups in total. The summed E-state index contributed by atoms with van der Waals surface area (Å²) in [6.45, 7) is 14.9. The van der Waals surface area contributed by atoms with Crippen molar-refractivity contribution in [2.75, 3.05) is 24.5 Å². The summed E-state index contributed by atoms with van der Waals surface area (Å²) in [6, 6.07) is 207. The average Bonchev–Trinajstić information content (AvgIpc) is 0.781. The molecule has 0 saturated carbocycles. The van der Waals surface area contributed by atoms with Crippen molar-refractivity contribution in [2.45, 2.75) is 48.5 Å². The van der Waals surface area contributed by atoms with E-state index in [1.54, 1.807) is 0 Å². The molecule has 706 valence electrons. The van der Waals surface area contributed by atoms with Crippen molar-refractivity contribution in [3.05, 3.63) is 621 Å². The smallest absolute Gasteiger partial charge is 0.0468 e. The van der Waals surface area contributed by atoms with Gasteiger partial charge in [0.25, 0.3) is 0 Å². The standard InChI is InChI=1S/C35H27N.C31H25N.C25H23N.2C25H21N/c1-26-12-13-32-25-35(23-18-31(32)24-26)36(33-19-14-29(15-20-33)27-8-4-2-5-9-27)34-21-16-30(17-22-34)28-10-6-3-7-11-28;1-24-18-20-29(21-19-24)32(30-16-8-14-27(22-30)25-10-4-2-5-11-25)31-17-9-15-28(23-31)26-12-6-3-7-13-26;1-18-5-11-23(12-6-18)26(24-13-7-19(2)8-14-24)25-15-10-21-16-20(3)4-9-22(21)17-25;1-20-15-17-24(18-16-20)26(23-12-6-3-7-13-23)25-14-8-11-22(19-25)21-9-4-2-5-10-21;1-20-12-14-21(15-13-20)22-16-18-25(19-17-22)26(23-8-4-2-5-9-23)24-10-6-3-7-11-24/h2-25H,1H3;2-23H,1H3;4-17H,1-3H3;2*2-19H,1H3. The first-order chi connectivity index (χ1) is 71.7. The lowest BCUT2D eigenvalue weighted by Gasteiger charge is -2.26. The lowest BCUT2D eigenvalue weighted by Crippen LogP contribution is -2.10. The van der Waals surface area contributed by atoms with Gasteiger partial charge in [-0.2, -0.15) is 0 Å². The number of hydrogen-bond donors (Lipinski definition) is 0. The first-order valence-corrected chi connectivity index (χ1v) is 50.1. The summed E-state index contributed by atoms with van der Waals surface area (Å²) < 4.78 is 0. The zero-order valence-corrected chi connectivity index (χ0v) is 83.7. The molecule has 5 heteroatoms. The Kier molecular flexibility index (Phi) is 30.9. The SMILES string of the molecule is Cc1ccc(-c2ccc(N(c3ccccc3)c3ccccc3)cc2)cc1.Cc1ccc(N(c2ccc(C)cc2)c2ccc3cc(C)ccc3c2)cc1.Cc1ccc(N(c2cccc(-c3ccccc3)c2)c2cccc(-c3ccccc3)c2)cc1.Cc1ccc(N(c2ccccc2)c2cccc(-c3ccccc3)c2)cc1.Cc1ccc2cc(N(c3ccc(-c4ccccc4)cc3)c3ccc(-c4ccccc4)cc3)ccc2c1. The van der Waals surface area contributed by atoms with Gasteiger partial charge in [0.05, 0.1) is 0 Å². The van der Waals surface area contributed by atoms with E-state index in [1.165, 1.54) is 144 Å². The van der Waals surface area contributed by atoms with Gasteiger partial charge in [0.15, 0.2) is 0 Å². The van der Waals surface area contributed by atoms with E-state index in [-0.39, 0.29) is 0 Å². The molecule has 0 fully saturated rings. The van der Waals surface area contributed by atoms with Gasteiger partial charge in [0.1, 0.15) is 0 Å². The van der Waals surface area contributed by atoms with Crippen LogP contribution in [0.15, 0.2) is 582 Å². The van der Waals surface area contributed by atoms with Crippen LogP contribution < -0.4 is 24.5 Å². The zero-order chi connectivity index (χ0) is 99.7. The van der Waals surface area contributed by atoms with Crippen LogP contribution in [0, 0.1) is 48.5 Å². The van der Waals surface area contributed by atoms with Crippen molar-refractivity contribution in [2.24, 2.45) is 0 Å². The lowest BCUT2D eigenvalue weighted by molar-refractivity contribution is 1.27. The maximum atomic E-state index is 2.34. The summed E-state index contributed by atoms with van der Waals surface area (Å²) in [7, 11) is 0. The minimum atomic E-state index is 1.13. The topological polar surface area (TPSA) is 16.2 Å². The molecule has 23 rings (SSSR count). The fourth-order valence-electron chi connectivity index (χ4n) is 18.5. The van der Waals surface area contributed by atoms with Gasteiger partial charge in [0.2, 0.25) is 0 Å². The van der Waals surface area contributed by atoms with Crippen LogP contribution in [0.2, 0.25) is 0 Å². The van der Waals surface area contributed by atoms with Gasteiger partial charge in [-0.1, -0.05) is 439 Å². The van der Waals surface area contributed by atoms with Crippen LogP contribution >= 0.6 is 0 Å². The minimum Gasteiger partial charge on any atom is -0.311 e. The summed E-state index contributed by atoms with van der Waals surface area (Å²) in [4.78, 5) is 11.6. The normalized spacial score (nSPS) is 10.7. The third-order valence-electron chi connectivity index (χ3n) is 26.3. The molecule has 0 bridgehead atoms. The van der Waals surface area contributed by atoms with E-state index in [1.807, 2.05) is 12.1 Å². The van der Waals surface area contributed by atoms with Crippen molar-refractivity contribution in [3.8, 4) is 66.8 Å². The summed E-state index contributed by atoms with van der Waals surface area (Å²) >= 11 is 0. The highest BCUT2D eigenvalue weighted by atomic mass is 15.2. The Morgan fingerprint density at radius 1 is 0.0890 bits per heavy atom. The van der Waals surface area contributed by atoms with E-state index in [0.717, 1.165) is 68.2 Å². The van der Waals surface area contributed by atoms with Gasteiger partial charge in [-0.05, 0) is 319 Å². The third kappa shape index (κ3) is 24.2. The predicted molar refractivity (Wildman–Crippen MR) is 626 cm³/mol. The van der Waals surface area contributed by atoms with Gasteiger partial charge >= 0.3 is 0 Å². The zero-order valence-electron chi connectivity index (χ0n) is 83.7. The Bertz CT molecular complexity index is 7870. The molecular weight excluding hydrogens is 1760 g/mol. The predicted octanol–water partition coefficient (Wildman–Crippen LogP) is 40.2. The van der Waals surface area contributed by atoms with E-state index >= 15 is 0 Å². The molecule has 0 unspecified atom stereocenters. The molecule has 0 amide bonds. The molecule has 0 radical (unpaired) electrons. The van der Waals surface area contributed by atoms with Gasteiger partial charge in [-0.3, -0.25) is 0 Å². The summed E-state index contributed by atoms with van der Waals surface area (Å²) in [5.74, 6) is 0. The monoisotopic (exact) mass is 1880 g/mol. The average molecular weight is 1880 g/mol. The van der Waals surface area contributed by atoms with Crippen LogP contribution in [0.5, 0.6) is 0 Å². The summed E-state index contributed by atoms with van der Waals surface area (Å²) in [5, 5.41) is 5.04. The molecule has 0 heterocycles. The van der Waals surface area contributed by atoms with Crippen LogP contribution in [-0.4, -0.2) is 0 Å². The second-order valence-corrected chi connectivity index (χ2v) is 37.1. The van der Waals surface area contributed by atoms with E-state index in [4.69, 9.17) is 0 Å². The van der Waals surface area contributed by atoms with Crippen LogP contribution in [0.3, 0.4) is 0 Å². The van der Waals surface area contributed by atoms with Gasteiger partial charge < -0.3 is 24.5 Å². The quantitative estimate of drug-likeness (QED) is 0.0711. The number of fused-ring (bicyclic) bond motifs is 2. The minimum absolute atomic E-state index is 1.13. The number of hydrogen-bond acceptors (Lipinski definition) is 5. The number of benzene rings is 23. The van der Waals surface area contributed by atoms with E-state index in [9.17, 15) is 0 Å². The Labute approximate surface area is 861 Å². The highest BCUT2D eigenvalue weighted by Gasteiger charge is 2.21. The van der Waals surface area contributed by atoms with Crippen molar-refractivity contribution < 1.29 is 0 Å². The van der Waals surface area contributed by atoms with Gasteiger partial charge in [-0.15, -0.1) is 0 Å². The summed E-state index contributed by atoms with van der Waals surface area (Å²) in [5.41, 5.74) is 40.8. The van der Waals surface area contributed by atoms with E-state index < -0.39 is 0 Å². The Morgan fingerprint density at radius 2 is 0.226 bits per heavy atom. The van der Waals surface area contributed by atoms with E-state index in [2.05, 4.69) is 643 Å². The number of anilines is 15. The Balaban J connectivity index is 0.000000116. The molecule has 23 aromatic rings. The second-order valence-electron chi connectivity index (χ2n) is 37.1. The van der Waals surface area contributed by atoms with E-state index in [0.29, 0.717) is 0 Å². The van der Waals surface area contributed by atoms with Crippen molar-refractivity contribution in [3.63, 3.8) is 0 Å². The molecule has 0 aromatic heterocycles. The fourth-order valence-corrected chi connectivity index (χ4v) is 18.5. The summed E-state index contributed by atoms with van der Waals surface area (Å²) in [6.07, 6.45) is 0. The second kappa shape index (κ2) is 46.8. The number of rotatable bonds is 21. The van der Waals surface area contributed by atoms with Crippen LogP contribution in [0.25, 0.3) is 88.3 Å². The molecule has 146 heavy (non-hydrogen) atoms. The number of para-hydroxylation sites is 3. The third-order valence-corrected chi connectivity index (χ3v) is 26.3. The van der Waals surface area contributed by atoms with Crippen molar-refractivity contribution in [1.29, 1.82) is 0 Å². The molecule has 0 aliphatic carbocycles. The highest BCUT2D eigenvalue weighted by Crippen LogP contribution is 2.45. The molecule has 5 nitrogen and oxygen atoms in total. The van der Waals surface area contributed by atoms with Crippen molar-refractivity contribution >= 4 is 107 Å². The molecule has 0 spiro atoms. The lowest BCUT2D eigenvalue weighted by atomic mass is 10.0. The first-order valence-electron chi connectivity index (χ1n) is 50.1. The number of nitrogens with zero attached hydrogens (tertiary/aromatic N) is 5. The van der Waals surface area contributed by atoms with Crippen LogP contribution in [0.1, 0.15) is 38.9 Å². The van der Waals surface area contributed by atoms with Gasteiger partial charge in [-0.25, -0.2) is 0 Å². The fraction of sp³-hybridized carbons (Fsp3) is 0.0496. The maximum absolute atomic E-state index is 2.34. The van der Waals surface area contributed by atoms with Crippen LogP contribution in [0.4, 0.5) is 85.3 Å². The van der Waals surface area contributed by atoms with Crippen LogP contribution in [-0.2, 0) is 0 Å².